The maximum Gasteiger partial charge on any atom is 0.408 e. The van der Waals surface area contributed by atoms with Crippen molar-refractivity contribution < 1.29 is 23.6 Å². The number of ether oxygens (including phenoxy) is 2. The number of benzene rings is 3. The van der Waals surface area contributed by atoms with Gasteiger partial charge in [0.2, 0.25) is 5.91 Å². The number of nitrogens with zero attached hydrogens (tertiary/aromatic N) is 2. The van der Waals surface area contributed by atoms with Crippen molar-refractivity contribution in [3.63, 3.8) is 0 Å². The molecule has 1 aromatic heterocycles. The van der Waals surface area contributed by atoms with E-state index in [0.717, 1.165) is 22.4 Å². The molecule has 2 amide bonds. The lowest BCUT2D eigenvalue weighted by Gasteiger charge is -2.24. The summed E-state index contributed by atoms with van der Waals surface area (Å²) in [6.45, 7) is 0.301. The molecule has 8 nitrogen and oxygen atoms in total. The SMILES string of the molecule is COc1ccc(-c2cc(CN(C)C(=O)[C@@H](Cc3ccccc3)NC(=O)OCc3ccccc3)on2)cc1. The van der Waals surface area contributed by atoms with Crippen LogP contribution in [0.1, 0.15) is 16.9 Å². The molecule has 1 atom stereocenters. The first-order valence-corrected chi connectivity index (χ1v) is 11.9. The summed E-state index contributed by atoms with van der Waals surface area (Å²) in [5, 5.41) is 6.86. The van der Waals surface area contributed by atoms with E-state index >= 15 is 0 Å². The van der Waals surface area contributed by atoms with Crippen LogP contribution >= 0.6 is 0 Å². The normalized spacial score (nSPS) is 11.4. The Balaban J connectivity index is 1.41. The van der Waals surface area contributed by atoms with Gasteiger partial charge >= 0.3 is 6.09 Å². The Kier molecular flexibility index (Phi) is 8.54. The van der Waals surface area contributed by atoms with Crippen LogP contribution in [-0.4, -0.2) is 42.3 Å². The van der Waals surface area contributed by atoms with E-state index in [0.29, 0.717) is 17.9 Å². The van der Waals surface area contributed by atoms with Crippen LogP contribution in [0.25, 0.3) is 11.3 Å². The van der Waals surface area contributed by atoms with Crippen LogP contribution in [-0.2, 0) is 29.1 Å². The average molecular weight is 500 g/mol. The van der Waals surface area contributed by atoms with Crippen LogP contribution in [0.15, 0.2) is 95.5 Å². The number of carbonyl (C=O) groups is 2. The van der Waals surface area contributed by atoms with Gasteiger partial charge in [-0.25, -0.2) is 4.79 Å². The number of amides is 2. The number of nitrogens with one attached hydrogen (secondary N) is 1. The van der Waals surface area contributed by atoms with Crippen molar-refractivity contribution in [1.82, 2.24) is 15.4 Å². The molecule has 0 spiro atoms. The molecule has 0 unspecified atom stereocenters. The number of alkyl carbamates (subject to hydrolysis) is 1. The molecule has 4 rings (SSSR count). The summed E-state index contributed by atoms with van der Waals surface area (Å²) in [4.78, 5) is 27.5. The Morgan fingerprint density at radius 1 is 0.946 bits per heavy atom. The maximum absolute atomic E-state index is 13.4. The number of hydrogen-bond acceptors (Lipinski definition) is 6. The van der Waals surface area contributed by atoms with Gasteiger partial charge in [0.1, 0.15) is 24.1 Å². The molecule has 0 bridgehead atoms. The van der Waals surface area contributed by atoms with Gasteiger partial charge in [-0.3, -0.25) is 4.79 Å². The highest BCUT2D eigenvalue weighted by Gasteiger charge is 2.26. The minimum absolute atomic E-state index is 0.112. The first-order chi connectivity index (χ1) is 18.0. The highest BCUT2D eigenvalue weighted by atomic mass is 16.5. The second-order valence-corrected chi connectivity index (χ2v) is 8.55. The Bertz CT molecular complexity index is 1290. The highest BCUT2D eigenvalue weighted by molar-refractivity contribution is 5.85. The fourth-order valence-electron chi connectivity index (χ4n) is 3.82. The quantitative estimate of drug-likeness (QED) is 0.335. The number of methoxy groups -OCH3 is 1. The van der Waals surface area contributed by atoms with E-state index in [1.807, 2.05) is 84.9 Å². The van der Waals surface area contributed by atoms with E-state index < -0.39 is 12.1 Å². The molecule has 8 heteroatoms. The van der Waals surface area contributed by atoms with Crippen LogP contribution < -0.4 is 10.1 Å². The summed E-state index contributed by atoms with van der Waals surface area (Å²) in [7, 11) is 3.27. The van der Waals surface area contributed by atoms with E-state index in [-0.39, 0.29) is 19.1 Å². The van der Waals surface area contributed by atoms with Crippen molar-refractivity contribution in [3.8, 4) is 17.0 Å². The van der Waals surface area contributed by atoms with Crippen molar-refractivity contribution in [1.29, 1.82) is 0 Å². The monoisotopic (exact) mass is 499 g/mol. The molecule has 37 heavy (non-hydrogen) atoms. The second kappa shape index (κ2) is 12.4. The van der Waals surface area contributed by atoms with Crippen LogP contribution in [0.3, 0.4) is 0 Å². The van der Waals surface area contributed by atoms with E-state index in [2.05, 4.69) is 10.5 Å². The summed E-state index contributed by atoms with van der Waals surface area (Å²) in [6.07, 6.45) is -0.342. The van der Waals surface area contributed by atoms with Gasteiger partial charge in [0.15, 0.2) is 5.76 Å². The molecule has 0 aliphatic heterocycles. The van der Waals surface area contributed by atoms with Crippen molar-refractivity contribution in [2.75, 3.05) is 14.2 Å². The zero-order valence-corrected chi connectivity index (χ0v) is 20.8. The fraction of sp³-hybridized carbons (Fsp3) is 0.207. The summed E-state index contributed by atoms with van der Waals surface area (Å²) in [5.41, 5.74) is 3.30. The summed E-state index contributed by atoms with van der Waals surface area (Å²) in [5.74, 6) is 0.992. The molecule has 4 aromatic rings. The third kappa shape index (κ3) is 7.20. The minimum Gasteiger partial charge on any atom is -0.497 e. The third-order valence-corrected chi connectivity index (χ3v) is 5.80. The molecule has 3 aromatic carbocycles. The molecule has 0 saturated carbocycles. The van der Waals surface area contributed by atoms with E-state index in [4.69, 9.17) is 14.0 Å². The Labute approximate surface area is 215 Å². The third-order valence-electron chi connectivity index (χ3n) is 5.80. The molecule has 1 N–H and O–H groups in total. The van der Waals surface area contributed by atoms with Gasteiger partial charge in [0, 0.05) is 25.1 Å². The molecule has 0 radical (unpaired) electrons. The predicted octanol–water partition coefficient (Wildman–Crippen LogP) is 4.85. The van der Waals surface area contributed by atoms with Crippen LogP contribution in [0.5, 0.6) is 5.75 Å². The molecule has 190 valence electrons. The maximum atomic E-state index is 13.4. The molecule has 1 heterocycles. The molecular formula is C29H29N3O5. The number of aromatic nitrogens is 1. The fourth-order valence-corrected chi connectivity index (χ4v) is 3.82. The number of hydrogen-bond donors (Lipinski definition) is 1. The van der Waals surface area contributed by atoms with Gasteiger partial charge in [0.25, 0.3) is 0 Å². The number of rotatable bonds is 10. The van der Waals surface area contributed by atoms with Gasteiger partial charge in [-0.05, 0) is 35.4 Å². The molecular weight excluding hydrogens is 470 g/mol. The first kappa shape index (κ1) is 25.5. The van der Waals surface area contributed by atoms with Gasteiger partial charge < -0.3 is 24.2 Å². The van der Waals surface area contributed by atoms with Crippen molar-refractivity contribution >= 4 is 12.0 Å². The van der Waals surface area contributed by atoms with Crippen molar-refractivity contribution in [2.45, 2.75) is 25.6 Å². The molecule has 0 aliphatic rings. The number of carbonyl (C=O) groups excluding carboxylic acids is 2. The minimum atomic E-state index is -0.820. The van der Waals surface area contributed by atoms with E-state index in [1.54, 1.807) is 20.2 Å². The highest BCUT2D eigenvalue weighted by Crippen LogP contribution is 2.22. The topological polar surface area (TPSA) is 93.9 Å². The standard InChI is InChI=1S/C29H29N3O5/c1-32(19-25-18-26(31-37-25)23-13-15-24(35-2)16-14-23)28(33)27(17-21-9-5-3-6-10-21)30-29(34)36-20-22-11-7-4-8-12-22/h3-16,18,27H,17,19-20H2,1-2H3,(H,30,34)/t27-/m1/s1. The molecule has 0 fully saturated rings. The zero-order chi connectivity index (χ0) is 26.0. The molecule has 0 aliphatic carbocycles. The smallest absolute Gasteiger partial charge is 0.408 e. The summed E-state index contributed by atoms with van der Waals surface area (Å²) in [6, 6.07) is 27.3. The van der Waals surface area contributed by atoms with E-state index in [1.165, 1.54) is 4.90 Å². The van der Waals surface area contributed by atoms with Crippen LogP contribution in [0.2, 0.25) is 0 Å². The number of likely N-dealkylation sites (N-methyl/N-ethyl adjacent to an activating group) is 1. The van der Waals surface area contributed by atoms with Gasteiger partial charge in [0.05, 0.1) is 13.7 Å². The van der Waals surface area contributed by atoms with Crippen molar-refractivity contribution in [3.05, 3.63) is 108 Å². The predicted molar refractivity (Wildman–Crippen MR) is 139 cm³/mol. The summed E-state index contributed by atoms with van der Waals surface area (Å²) < 4.78 is 16.0. The van der Waals surface area contributed by atoms with Crippen molar-refractivity contribution in [2.24, 2.45) is 0 Å². The van der Waals surface area contributed by atoms with Gasteiger partial charge in [-0.1, -0.05) is 65.8 Å². The van der Waals surface area contributed by atoms with Crippen LogP contribution in [0, 0.1) is 0 Å². The zero-order valence-electron chi connectivity index (χ0n) is 20.8. The second-order valence-electron chi connectivity index (χ2n) is 8.55. The van der Waals surface area contributed by atoms with E-state index in [9.17, 15) is 9.59 Å². The summed E-state index contributed by atoms with van der Waals surface area (Å²) >= 11 is 0. The Morgan fingerprint density at radius 3 is 2.24 bits per heavy atom. The largest absolute Gasteiger partial charge is 0.497 e. The van der Waals surface area contributed by atoms with Gasteiger partial charge in [-0.2, -0.15) is 0 Å². The van der Waals surface area contributed by atoms with Gasteiger partial charge in [-0.15, -0.1) is 0 Å². The molecule has 0 saturated heterocycles. The lowest BCUT2D eigenvalue weighted by atomic mass is 10.0. The lowest BCUT2D eigenvalue weighted by molar-refractivity contribution is -0.132. The lowest BCUT2D eigenvalue weighted by Crippen LogP contribution is -2.48. The average Bonchev–Trinajstić information content (AvgIpc) is 3.40. The van der Waals surface area contributed by atoms with Crippen LogP contribution in [0.4, 0.5) is 4.79 Å². The Hall–Kier alpha value is -4.59. The first-order valence-electron chi connectivity index (χ1n) is 11.9. The Morgan fingerprint density at radius 2 is 1.59 bits per heavy atom.